The van der Waals surface area contributed by atoms with E-state index in [0.717, 1.165) is 11.3 Å². The largest absolute Gasteiger partial charge is 0.497 e. The summed E-state index contributed by atoms with van der Waals surface area (Å²) < 4.78 is 35.6. The molecule has 1 fully saturated rings. The van der Waals surface area contributed by atoms with E-state index in [2.05, 4.69) is 0 Å². The van der Waals surface area contributed by atoms with E-state index in [4.69, 9.17) is 15.2 Å². The van der Waals surface area contributed by atoms with Crippen molar-refractivity contribution in [2.45, 2.75) is 25.0 Å². The fourth-order valence-electron chi connectivity index (χ4n) is 3.28. The van der Waals surface area contributed by atoms with Crippen LogP contribution in [0, 0.1) is 5.41 Å². The summed E-state index contributed by atoms with van der Waals surface area (Å²) in [5, 5.41) is -0.463. The van der Waals surface area contributed by atoms with E-state index in [9.17, 15) is 8.42 Å². The first-order valence-electron chi connectivity index (χ1n) is 7.60. The number of ether oxygens (including phenoxy) is 2. The van der Waals surface area contributed by atoms with Crippen molar-refractivity contribution in [1.82, 2.24) is 0 Å². The Bertz CT molecular complexity index is 599. The molecule has 0 aromatic heterocycles. The molecule has 1 aliphatic rings. The van der Waals surface area contributed by atoms with Crippen LogP contribution in [0.15, 0.2) is 24.3 Å². The van der Waals surface area contributed by atoms with Crippen molar-refractivity contribution in [3.05, 3.63) is 29.8 Å². The van der Waals surface area contributed by atoms with Crippen LogP contribution in [-0.4, -0.2) is 46.3 Å². The Morgan fingerprint density at radius 3 is 2.32 bits per heavy atom. The molecule has 0 unspecified atom stereocenters. The molecule has 1 aromatic carbocycles. The summed E-state index contributed by atoms with van der Waals surface area (Å²) in [7, 11) is -1.57. The molecule has 0 bridgehead atoms. The minimum Gasteiger partial charge on any atom is -0.497 e. The van der Waals surface area contributed by atoms with Crippen molar-refractivity contribution in [3.8, 4) is 5.75 Å². The fraction of sp³-hybridized carbons (Fsp3) is 0.625. The number of benzene rings is 1. The van der Waals surface area contributed by atoms with Crippen LogP contribution in [0.2, 0.25) is 0 Å². The lowest BCUT2D eigenvalue weighted by molar-refractivity contribution is 0.101. The van der Waals surface area contributed by atoms with Gasteiger partial charge < -0.3 is 15.2 Å². The maximum atomic E-state index is 12.5. The van der Waals surface area contributed by atoms with E-state index in [1.165, 1.54) is 0 Å². The number of sulfone groups is 1. The normalized spacial score (nSPS) is 27.6. The van der Waals surface area contributed by atoms with Crippen molar-refractivity contribution in [3.63, 3.8) is 0 Å². The molecule has 124 valence electrons. The molecule has 3 atom stereocenters. The Morgan fingerprint density at radius 1 is 1.23 bits per heavy atom. The standard InChI is InChI=1S/C16H25NO4S/c1-4-21-11-16(10-17)14(15(16)22(18,19)5-2)12-6-8-13(20-3)9-7-12/h6-9,14-15H,4-5,10-11,17H2,1-3H3/t14-,15+,16+/m0/s1. The van der Waals surface area contributed by atoms with E-state index in [-0.39, 0.29) is 11.7 Å². The first kappa shape index (κ1) is 17.2. The topological polar surface area (TPSA) is 78.6 Å². The van der Waals surface area contributed by atoms with Crippen molar-refractivity contribution in [1.29, 1.82) is 0 Å². The molecule has 1 aromatic rings. The minimum absolute atomic E-state index is 0.111. The van der Waals surface area contributed by atoms with E-state index in [0.29, 0.717) is 19.8 Å². The summed E-state index contributed by atoms with van der Waals surface area (Å²) in [6.45, 7) is 4.81. The zero-order valence-corrected chi connectivity index (χ0v) is 14.2. The van der Waals surface area contributed by atoms with Gasteiger partial charge in [0.1, 0.15) is 5.75 Å². The van der Waals surface area contributed by atoms with Crippen molar-refractivity contribution in [2.24, 2.45) is 11.1 Å². The third kappa shape index (κ3) is 2.87. The third-order valence-electron chi connectivity index (χ3n) is 4.60. The lowest BCUT2D eigenvalue weighted by Crippen LogP contribution is -2.29. The van der Waals surface area contributed by atoms with Crippen LogP contribution in [-0.2, 0) is 14.6 Å². The van der Waals surface area contributed by atoms with Gasteiger partial charge in [-0.05, 0) is 24.6 Å². The molecule has 1 saturated carbocycles. The van der Waals surface area contributed by atoms with Gasteiger partial charge in [0.2, 0.25) is 0 Å². The Morgan fingerprint density at radius 2 is 1.86 bits per heavy atom. The van der Waals surface area contributed by atoms with Gasteiger partial charge in [0.25, 0.3) is 0 Å². The average molecular weight is 327 g/mol. The van der Waals surface area contributed by atoms with Gasteiger partial charge in [-0.25, -0.2) is 8.42 Å². The van der Waals surface area contributed by atoms with E-state index in [1.807, 2.05) is 31.2 Å². The molecule has 2 rings (SSSR count). The number of rotatable bonds is 8. The first-order valence-corrected chi connectivity index (χ1v) is 9.31. The zero-order valence-electron chi connectivity index (χ0n) is 13.4. The second-order valence-corrected chi connectivity index (χ2v) is 8.11. The van der Waals surface area contributed by atoms with Crippen LogP contribution in [0.1, 0.15) is 25.3 Å². The molecule has 6 heteroatoms. The highest BCUT2D eigenvalue weighted by Gasteiger charge is 2.69. The van der Waals surface area contributed by atoms with Gasteiger partial charge in [0.05, 0.1) is 19.0 Å². The lowest BCUT2D eigenvalue weighted by Gasteiger charge is -2.15. The molecule has 0 aliphatic heterocycles. The van der Waals surface area contributed by atoms with E-state index in [1.54, 1.807) is 14.0 Å². The zero-order chi connectivity index (χ0) is 16.4. The van der Waals surface area contributed by atoms with Gasteiger partial charge in [-0.3, -0.25) is 0 Å². The van der Waals surface area contributed by atoms with Crippen LogP contribution in [0.5, 0.6) is 5.75 Å². The average Bonchev–Trinajstić information content (AvgIpc) is 3.23. The number of methoxy groups -OCH3 is 1. The smallest absolute Gasteiger partial charge is 0.154 e. The Kier molecular flexibility index (Phi) is 5.14. The van der Waals surface area contributed by atoms with Crippen LogP contribution >= 0.6 is 0 Å². The molecule has 0 heterocycles. The van der Waals surface area contributed by atoms with Gasteiger partial charge in [0.15, 0.2) is 9.84 Å². The summed E-state index contributed by atoms with van der Waals surface area (Å²) >= 11 is 0. The molecule has 22 heavy (non-hydrogen) atoms. The van der Waals surface area contributed by atoms with Crippen LogP contribution in [0.25, 0.3) is 0 Å². The molecule has 0 amide bonds. The molecule has 0 spiro atoms. The Hall–Kier alpha value is -1.11. The van der Waals surface area contributed by atoms with Crippen molar-refractivity contribution < 1.29 is 17.9 Å². The second-order valence-electron chi connectivity index (χ2n) is 5.70. The summed E-state index contributed by atoms with van der Waals surface area (Å²) in [4.78, 5) is 0. The molecule has 2 N–H and O–H groups in total. The monoisotopic (exact) mass is 327 g/mol. The van der Waals surface area contributed by atoms with E-state index < -0.39 is 20.5 Å². The third-order valence-corrected chi connectivity index (χ3v) is 6.92. The van der Waals surface area contributed by atoms with Crippen LogP contribution < -0.4 is 10.5 Å². The molecular weight excluding hydrogens is 302 g/mol. The summed E-state index contributed by atoms with van der Waals surface area (Å²) in [5.41, 5.74) is 6.43. The number of hydrogen-bond acceptors (Lipinski definition) is 5. The van der Waals surface area contributed by atoms with Gasteiger partial charge >= 0.3 is 0 Å². The molecule has 5 nitrogen and oxygen atoms in total. The quantitative estimate of drug-likeness (QED) is 0.784. The first-order chi connectivity index (χ1) is 10.5. The molecule has 0 radical (unpaired) electrons. The SMILES string of the molecule is CCOC[C@@]1(CN)[C@H](S(=O)(=O)CC)[C@@H]1c1ccc(OC)cc1. The Labute approximate surface area is 132 Å². The number of nitrogens with two attached hydrogens (primary N) is 1. The van der Waals surface area contributed by atoms with E-state index >= 15 is 0 Å². The molecular formula is C16H25NO4S. The number of hydrogen-bond donors (Lipinski definition) is 1. The summed E-state index contributed by atoms with van der Waals surface area (Å²) in [6, 6.07) is 7.55. The second kappa shape index (κ2) is 6.56. The maximum absolute atomic E-state index is 12.5. The van der Waals surface area contributed by atoms with Gasteiger partial charge in [-0.2, -0.15) is 0 Å². The highest BCUT2D eigenvalue weighted by atomic mass is 32.2. The fourth-order valence-corrected chi connectivity index (χ4v) is 5.43. The highest BCUT2D eigenvalue weighted by molar-refractivity contribution is 7.92. The predicted octanol–water partition coefficient (Wildman–Crippen LogP) is 1.58. The van der Waals surface area contributed by atoms with Crippen molar-refractivity contribution in [2.75, 3.05) is 32.6 Å². The maximum Gasteiger partial charge on any atom is 0.154 e. The van der Waals surface area contributed by atoms with Gasteiger partial charge in [0, 0.05) is 30.2 Å². The van der Waals surface area contributed by atoms with Gasteiger partial charge in [-0.1, -0.05) is 19.1 Å². The minimum atomic E-state index is -3.18. The highest BCUT2D eigenvalue weighted by Crippen LogP contribution is 2.62. The van der Waals surface area contributed by atoms with Crippen LogP contribution in [0.3, 0.4) is 0 Å². The molecule has 1 aliphatic carbocycles. The van der Waals surface area contributed by atoms with Crippen LogP contribution in [0.4, 0.5) is 0 Å². The summed E-state index contributed by atoms with van der Waals surface area (Å²) in [5.74, 6) is 0.764. The predicted molar refractivity (Wildman–Crippen MR) is 87.0 cm³/mol. The van der Waals surface area contributed by atoms with Crippen molar-refractivity contribution >= 4 is 9.84 Å². The van der Waals surface area contributed by atoms with Gasteiger partial charge in [-0.15, -0.1) is 0 Å². The molecule has 0 saturated heterocycles. The summed E-state index contributed by atoms with van der Waals surface area (Å²) in [6.07, 6.45) is 0. The Balaban J connectivity index is 2.37. The lowest BCUT2D eigenvalue weighted by atomic mass is 10.00.